The lowest BCUT2D eigenvalue weighted by Crippen LogP contribution is -2.46. The molecule has 0 aliphatic carbocycles. The van der Waals surface area contributed by atoms with Gasteiger partial charge in [0.2, 0.25) is 5.88 Å². The molecule has 2 heterocycles. The molecule has 4 aromatic rings. The van der Waals surface area contributed by atoms with Crippen LogP contribution in [0.4, 0.5) is 5.69 Å². The molecule has 1 fully saturated rings. The van der Waals surface area contributed by atoms with Gasteiger partial charge >= 0.3 is 0 Å². The Balaban J connectivity index is 1.50. The van der Waals surface area contributed by atoms with Crippen molar-refractivity contribution < 1.29 is 9.84 Å². The van der Waals surface area contributed by atoms with Gasteiger partial charge in [0, 0.05) is 30.2 Å². The van der Waals surface area contributed by atoms with Gasteiger partial charge in [0.1, 0.15) is 10.9 Å². The smallest absolute Gasteiger partial charge is 0.282 e. The van der Waals surface area contributed by atoms with Crippen LogP contribution < -0.4 is 10.5 Å². The molecule has 9 heteroatoms. The monoisotopic (exact) mass is 574 g/mol. The second kappa shape index (κ2) is 12.6. The lowest BCUT2D eigenvalue weighted by Gasteiger charge is -2.36. The van der Waals surface area contributed by atoms with E-state index in [0.29, 0.717) is 29.6 Å². The van der Waals surface area contributed by atoms with Crippen LogP contribution in [0.5, 0.6) is 5.88 Å². The molecule has 2 atom stereocenters. The predicted octanol–water partition coefficient (Wildman–Crippen LogP) is 6.12. The van der Waals surface area contributed by atoms with Crippen molar-refractivity contribution in [1.29, 1.82) is 0 Å². The van der Waals surface area contributed by atoms with Crippen molar-refractivity contribution in [2.24, 2.45) is 0 Å². The number of aromatic nitrogens is 2. The molecule has 2 unspecified atom stereocenters. The number of nitrogens with one attached hydrogen (secondary N) is 1. The van der Waals surface area contributed by atoms with E-state index < -0.39 is 6.04 Å². The third kappa shape index (κ3) is 5.99. The molecule has 7 nitrogen and oxygen atoms in total. The van der Waals surface area contributed by atoms with E-state index in [9.17, 15) is 9.90 Å². The summed E-state index contributed by atoms with van der Waals surface area (Å²) in [5.74, 6) is -0.144. The van der Waals surface area contributed by atoms with E-state index in [1.165, 1.54) is 4.68 Å². The fraction of sp³-hybridized carbons (Fsp3) is 0.194. The van der Waals surface area contributed by atoms with Crippen LogP contribution in [0.25, 0.3) is 0 Å². The number of aromatic amines is 1. The minimum atomic E-state index is -0.469. The first-order valence-electron chi connectivity index (χ1n) is 13.0. The number of nitrogens with zero attached hydrogens (tertiary/aromatic N) is 3. The number of anilines is 1. The third-order valence-electron chi connectivity index (χ3n) is 6.86. The molecule has 0 spiro atoms. The minimum Gasteiger partial charge on any atom is -0.493 e. The highest BCUT2D eigenvalue weighted by Crippen LogP contribution is 2.39. The quantitative estimate of drug-likeness (QED) is 0.238. The maximum Gasteiger partial charge on any atom is 0.282 e. The minimum absolute atomic E-state index is 0.00688. The van der Waals surface area contributed by atoms with Crippen LogP contribution in [0.2, 0.25) is 5.02 Å². The summed E-state index contributed by atoms with van der Waals surface area (Å²) in [5, 5.41) is 14.8. The van der Waals surface area contributed by atoms with Crippen molar-refractivity contribution >= 4 is 29.1 Å². The van der Waals surface area contributed by atoms with Gasteiger partial charge in [0.05, 0.1) is 17.7 Å². The topological polar surface area (TPSA) is 73.7 Å². The number of hydrogen-bond acceptors (Lipinski definition) is 6. The van der Waals surface area contributed by atoms with Crippen molar-refractivity contribution in [3.8, 4) is 5.88 Å². The summed E-state index contributed by atoms with van der Waals surface area (Å²) in [6, 6.07) is 24.8. The Morgan fingerprint density at radius 2 is 1.80 bits per heavy atom. The summed E-state index contributed by atoms with van der Waals surface area (Å²) >= 11 is 7.48. The van der Waals surface area contributed by atoms with Gasteiger partial charge < -0.3 is 19.6 Å². The highest BCUT2D eigenvalue weighted by molar-refractivity contribution is 7.99. The Labute approximate surface area is 242 Å². The highest BCUT2D eigenvalue weighted by Gasteiger charge is 2.27. The molecule has 40 heavy (non-hydrogen) atoms. The van der Waals surface area contributed by atoms with Crippen molar-refractivity contribution in [2.75, 3.05) is 31.1 Å². The number of benzene rings is 3. The van der Waals surface area contributed by atoms with Gasteiger partial charge in [-0.05, 0) is 47.8 Å². The van der Waals surface area contributed by atoms with Crippen molar-refractivity contribution in [3.05, 3.63) is 131 Å². The van der Waals surface area contributed by atoms with E-state index in [-0.39, 0.29) is 22.4 Å². The van der Waals surface area contributed by atoms with E-state index in [1.807, 2.05) is 65.6 Å². The molecule has 0 radical (unpaired) electrons. The van der Waals surface area contributed by atoms with Crippen LogP contribution in [0.3, 0.4) is 0 Å². The van der Waals surface area contributed by atoms with Gasteiger partial charge in [-0.15, -0.1) is 0 Å². The number of morpholine rings is 1. The first kappa shape index (κ1) is 27.7. The lowest BCUT2D eigenvalue weighted by molar-refractivity contribution is 0.0302. The fourth-order valence-corrected chi connectivity index (χ4v) is 5.99. The molecule has 3 aromatic carbocycles. The van der Waals surface area contributed by atoms with Gasteiger partial charge in [-0.1, -0.05) is 91.1 Å². The lowest BCUT2D eigenvalue weighted by atomic mass is 9.98. The highest BCUT2D eigenvalue weighted by atomic mass is 35.5. The fourth-order valence-electron chi connectivity index (χ4n) is 4.88. The standard InChI is InChI=1S/C31H31ClN4O3S/c1-3-34(4-2)20-25-21-35(17-18-39-25)24-14-10-13-23(19-24)28(22-11-6-5-7-12-22)36-31(38)29(30(37)33-36)40-27-16-9-8-15-26(27)32/h3-16,19,25,28,38H,1-2,17-18,20-21H2,(H,33,37). The zero-order valence-electron chi connectivity index (χ0n) is 21.9. The summed E-state index contributed by atoms with van der Waals surface area (Å²) in [6.45, 7) is 10.4. The molecule has 2 N–H and O–H groups in total. The Morgan fingerprint density at radius 3 is 2.55 bits per heavy atom. The number of rotatable bonds is 10. The van der Waals surface area contributed by atoms with Crippen LogP contribution in [-0.4, -0.2) is 52.1 Å². The molecule has 0 amide bonds. The first-order valence-corrected chi connectivity index (χ1v) is 14.2. The zero-order chi connectivity index (χ0) is 28.1. The molecule has 206 valence electrons. The van der Waals surface area contributed by atoms with Crippen LogP contribution >= 0.6 is 23.4 Å². The van der Waals surface area contributed by atoms with Gasteiger partial charge in [-0.25, -0.2) is 4.68 Å². The molecule has 1 aliphatic rings. The van der Waals surface area contributed by atoms with Gasteiger partial charge in [0.15, 0.2) is 0 Å². The number of ether oxygens (including phenoxy) is 1. The van der Waals surface area contributed by atoms with E-state index in [4.69, 9.17) is 16.3 Å². The van der Waals surface area contributed by atoms with Gasteiger partial charge in [-0.3, -0.25) is 9.89 Å². The van der Waals surface area contributed by atoms with E-state index in [0.717, 1.165) is 35.1 Å². The maximum atomic E-state index is 13.1. The Hall–Kier alpha value is -3.85. The average Bonchev–Trinajstić information content (AvgIpc) is 3.26. The van der Waals surface area contributed by atoms with Crippen LogP contribution in [0.15, 0.2) is 119 Å². The van der Waals surface area contributed by atoms with Crippen molar-refractivity contribution in [3.63, 3.8) is 0 Å². The molecule has 1 aliphatic heterocycles. The molecular weight excluding hydrogens is 544 g/mol. The Bertz CT molecular complexity index is 1530. The zero-order valence-corrected chi connectivity index (χ0v) is 23.5. The SMILES string of the molecule is C=CN(C=C)CC1CN(c2cccc(C(c3ccccc3)n3[nH]c(=O)c(Sc4ccccc4Cl)c3O)c2)CCO1. The number of aromatic hydroxyl groups is 1. The van der Waals surface area contributed by atoms with Crippen LogP contribution in [-0.2, 0) is 4.74 Å². The molecule has 1 saturated heterocycles. The average molecular weight is 575 g/mol. The number of halogens is 1. The number of hydrogen-bond donors (Lipinski definition) is 2. The summed E-state index contributed by atoms with van der Waals surface area (Å²) < 4.78 is 7.53. The second-order valence-electron chi connectivity index (χ2n) is 9.41. The Morgan fingerprint density at radius 1 is 1.07 bits per heavy atom. The summed E-state index contributed by atoms with van der Waals surface area (Å²) in [5.41, 5.74) is 2.49. The molecule has 5 rings (SSSR count). The third-order valence-corrected chi connectivity index (χ3v) is 8.44. The van der Waals surface area contributed by atoms with E-state index in [2.05, 4.69) is 35.3 Å². The van der Waals surface area contributed by atoms with E-state index >= 15 is 0 Å². The van der Waals surface area contributed by atoms with Crippen LogP contribution in [0, 0.1) is 0 Å². The van der Waals surface area contributed by atoms with E-state index in [1.54, 1.807) is 18.5 Å². The van der Waals surface area contributed by atoms with Crippen molar-refractivity contribution in [1.82, 2.24) is 14.7 Å². The van der Waals surface area contributed by atoms with Crippen LogP contribution in [0.1, 0.15) is 17.2 Å². The summed E-state index contributed by atoms with van der Waals surface area (Å²) in [6.07, 6.45) is 3.47. The largest absolute Gasteiger partial charge is 0.493 e. The Kier molecular flexibility index (Phi) is 8.69. The first-order chi connectivity index (χ1) is 19.5. The summed E-state index contributed by atoms with van der Waals surface area (Å²) in [7, 11) is 0. The molecular formula is C31H31ClN4O3S. The van der Waals surface area contributed by atoms with Gasteiger partial charge in [-0.2, -0.15) is 0 Å². The molecule has 0 saturated carbocycles. The maximum absolute atomic E-state index is 13.1. The normalized spacial score (nSPS) is 15.9. The molecule has 0 bridgehead atoms. The van der Waals surface area contributed by atoms with Gasteiger partial charge in [0.25, 0.3) is 5.56 Å². The van der Waals surface area contributed by atoms with Crippen molar-refractivity contribution in [2.45, 2.75) is 21.9 Å². The number of H-pyrrole nitrogens is 1. The summed E-state index contributed by atoms with van der Waals surface area (Å²) in [4.78, 5) is 18.2. The molecule has 1 aromatic heterocycles. The predicted molar refractivity (Wildman–Crippen MR) is 161 cm³/mol. The second-order valence-corrected chi connectivity index (χ2v) is 10.9.